The number of rotatable bonds is 4. The van der Waals surface area contributed by atoms with Crippen LogP contribution in [0, 0.1) is 0 Å². The fraction of sp³-hybridized carbons (Fsp3) is 0.273. The minimum atomic E-state index is 0.0119. The minimum Gasteiger partial charge on any atom is -0.431 e. The van der Waals surface area contributed by atoms with E-state index in [4.69, 9.17) is 10.2 Å². The summed E-state index contributed by atoms with van der Waals surface area (Å²) in [7, 11) is 1.62. The van der Waals surface area contributed by atoms with Crippen molar-refractivity contribution in [2.45, 2.75) is 11.6 Å². The lowest BCUT2D eigenvalue weighted by Gasteiger charge is -1.96. The maximum Gasteiger partial charge on any atom is 0.256 e. The van der Waals surface area contributed by atoms with Crippen LogP contribution in [0.2, 0.25) is 0 Å². The van der Waals surface area contributed by atoms with E-state index < -0.39 is 0 Å². The topological polar surface area (TPSA) is 81.2 Å². The highest BCUT2D eigenvalue weighted by Crippen LogP contribution is 2.24. The normalized spacial score (nSPS) is 10.6. The number of nitrogen functional groups attached to an aromatic ring is 1. The molecule has 0 saturated carbocycles. The lowest BCUT2D eigenvalue weighted by atomic mass is 10.3. The van der Waals surface area contributed by atoms with Crippen LogP contribution < -0.4 is 11.1 Å². The summed E-state index contributed by atoms with van der Waals surface area (Å²) in [5, 5.41) is 3.13. The van der Waals surface area contributed by atoms with Gasteiger partial charge in [-0.1, -0.05) is 11.8 Å². The summed E-state index contributed by atoms with van der Waals surface area (Å²) in [6, 6.07) is 5.33. The predicted octanol–water partition coefficient (Wildman–Crippen LogP) is 1.64. The molecule has 1 aromatic heterocycles. The molecule has 0 bridgehead atoms. The Morgan fingerprint density at radius 2 is 2.41 bits per heavy atom. The first-order valence-corrected chi connectivity index (χ1v) is 6.17. The highest BCUT2D eigenvalue weighted by atomic mass is 32.2. The van der Waals surface area contributed by atoms with Crippen LogP contribution in [0.3, 0.4) is 0 Å². The summed E-state index contributed by atoms with van der Waals surface area (Å²) in [4.78, 5) is 15.3. The van der Waals surface area contributed by atoms with Crippen molar-refractivity contribution in [2.75, 3.05) is 18.5 Å². The van der Waals surface area contributed by atoms with Crippen molar-refractivity contribution in [2.24, 2.45) is 0 Å². The van der Waals surface area contributed by atoms with Gasteiger partial charge < -0.3 is 15.5 Å². The molecule has 2 aromatic rings. The second kappa shape index (κ2) is 5.09. The number of hydrogen-bond acceptors (Lipinski definition) is 5. The van der Waals surface area contributed by atoms with Gasteiger partial charge in [0.25, 0.3) is 5.22 Å². The van der Waals surface area contributed by atoms with Crippen LogP contribution in [0.4, 0.5) is 5.69 Å². The molecule has 17 heavy (non-hydrogen) atoms. The molecule has 0 radical (unpaired) electrons. The summed E-state index contributed by atoms with van der Waals surface area (Å²) in [5.74, 6) is 0.653. The zero-order chi connectivity index (χ0) is 12.3. The van der Waals surface area contributed by atoms with Gasteiger partial charge in [0.05, 0.1) is 0 Å². The van der Waals surface area contributed by atoms with Crippen LogP contribution in [0.5, 0.6) is 0 Å². The number of aromatic nitrogens is 1. The van der Waals surface area contributed by atoms with Gasteiger partial charge in [-0.15, -0.1) is 0 Å². The Balaban J connectivity index is 2.02. The van der Waals surface area contributed by atoms with E-state index in [-0.39, 0.29) is 5.91 Å². The number of fused-ring (bicyclic) bond motifs is 1. The van der Waals surface area contributed by atoms with Crippen LogP contribution in [0.25, 0.3) is 11.1 Å². The third-order valence-corrected chi connectivity index (χ3v) is 3.06. The van der Waals surface area contributed by atoms with Gasteiger partial charge in [0, 0.05) is 24.9 Å². The Morgan fingerprint density at radius 3 is 3.18 bits per heavy atom. The maximum absolute atomic E-state index is 11.0. The third-order valence-electron chi connectivity index (χ3n) is 2.23. The molecule has 6 heteroatoms. The zero-order valence-corrected chi connectivity index (χ0v) is 10.2. The van der Waals surface area contributed by atoms with Gasteiger partial charge in [0.1, 0.15) is 5.52 Å². The molecule has 2 rings (SSSR count). The van der Waals surface area contributed by atoms with Crippen LogP contribution in [0.1, 0.15) is 6.42 Å². The number of amides is 1. The first-order chi connectivity index (χ1) is 8.19. The molecule has 0 spiro atoms. The second-order valence-electron chi connectivity index (χ2n) is 3.48. The molecular formula is C11H13N3O2S. The van der Waals surface area contributed by atoms with E-state index in [2.05, 4.69) is 10.3 Å². The molecule has 1 amide bonds. The molecule has 90 valence electrons. The molecule has 1 aromatic carbocycles. The lowest BCUT2D eigenvalue weighted by molar-refractivity contribution is -0.120. The molecule has 5 nitrogen and oxygen atoms in total. The van der Waals surface area contributed by atoms with Gasteiger partial charge in [-0.3, -0.25) is 4.79 Å². The van der Waals surface area contributed by atoms with Gasteiger partial charge >= 0.3 is 0 Å². The smallest absolute Gasteiger partial charge is 0.256 e. The average molecular weight is 251 g/mol. The largest absolute Gasteiger partial charge is 0.431 e. The number of carbonyl (C=O) groups excluding carboxylic acids is 1. The molecule has 3 N–H and O–H groups in total. The van der Waals surface area contributed by atoms with E-state index in [1.165, 1.54) is 11.8 Å². The number of nitrogens with two attached hydrogens (primary N) is 1. The van der Waals surface area contributed by atoms with Gasteiger partial charge in [-0.25, -0.2) is 4.98 Å². The van der Waals surface area contributed by atoms with Crippen LogP contribution in [-0.2, 0) is 4.79 Å². The van der Waals surface area contributed by atoms with Crippen molar-refractivity contribution in [3.8, 4) is 0 Å². The van der Waals surface area contributed by atoms with E-state index in [1.54, 1.807) is 25.2 Å². The van der Waals surface area contributed by atoms with Gasteiger partial charge in [0.2, 0.25) is 5.91 Å². The molecular weight excluding hydrogens is 238 g/mol. The summed E-state index contributed by atoms with van der Waals surface area (Å²) < 4.78 is 5.50. The molecule has 0 atom stereocenters. The van der Waals surface area contributed by atoms with Crippen LogP contribution >= 0.6 is 11.8 Å². The molecule has 0 saturated heterocycles. The molecule has 0 aliphatic heterocycles. The van der Waals surface area contributed by atoms with Crippen molar-refractivity contribution in [3.05, 3.63) is 18.2 Å². The Labute approximate surface area is 103 Å². The number of benzene rings is 1. The van der Waals surface area contributed by atoms with Crippen molar-refractivity contribution in [1.82, 2.24) is 10.3 Å². The quantitative estimate of drug-likeness (QED) is 0.637. The van der Waals surface area contributed by atoms with Crippen LogP contribution in [0.15, 0.2) is 27.8 Å². The van der Waals surface area contributed by atoms with Crippen molar-refractivity contribution >= 4 is 34.5 Å². The highest BCUT2D eigenvalue weighted by Gasteiger charge is 2.07. The van der Waals surface area contributed by atoms with E-state index in [1.807, 2.05) is 0 Å². The molecule has 1 heterocycles. The summed E-state index contributed by atoms with van der Waals surface area (Å²) in [5.41, 5.74) is 7.76. The van der Waals surface area contributed by atoms with E-state index in [0.717, 1.165) is 5.52 Å². The Hall–Kier alpha value is -1.69. The first-order valence-electron chi connectivity index (χ1n) is 5.18. The van der Waals surface area contributed by atoms with E-state index in [0.29, 0.717) is 28.7 Å². The molecule has 0 aliphatic carbocycles. The third kappa shape index (κ3) is 2.91. The number of anilines is 1. The number of nitrogens with one attached hydrogen (secondary N) is 1. The van der Waals surface area contributed by atoms with Crippen molar-refractivity contribution in [1.29, 1.82) is 0 Å². The number of oxazole rings is 1. The number of hydrogen-bond donors (Lipinski definition) is 2. The summed E-state index contributed by atoms with van der Waals surface area (Å²) in [6.07, 6.45) is 0.446. The average Bonchev–Trinajstić information content (AvgIpc) is 2.70. The SMILES string of the molecule is CNC(=O)CCSc1nc2cc(N)ccc2o1. The molecule has 0 unspecified atom stereocenters. The Bertz CT molecular complexity index is 538. The lowest BCUT2D eigenvalue weighted by Crippen LogP contribution is -2.17. The second-order valence-corrected chi connectivity index (χ2v) is 4.52. The fourth-order valence-electron chi connectivity index (χ4n) is 1.34. The Morgan fingerprint density at radius 1 is 1.59 bits per heavy atom. The van der Waals surface area contributed by atoms with Gasteiger partial charge in [-0.2, -0.15) is 0 Å². The summed E-state index contributed by atoms with van der Waals surface area (Å²) >= 11 is 1.42. The number of thioether (sulfide) groups is 1. The van der Waals surface area contributed by atoms with E-state index in [9.17, 15) is 4.79 Å². The predicted molar refractivity (Wildman–Crippen MR) is 67.8 cm³/mol. The number of carbonyl (C=O) groups is 1. The van der Waals surface area contributed by atoms with E-state index >= 15 is 0 Å². The van der Waals surface area contributed by atoms with Crippen molar-refractivity contribution in [3.63, 3.8) is 0 Å². The fourth-order valence-corrected chi connectivity index (χ4v) is 2.11. The molecule has 0 fully saturated rings. The maximum atomic E-state index is 11.0. The zero-order valence-electron chi connectivity index (χ0n) is 9.40. The van der Waals surface area contributed by atoms with Crippen molar-refractivity contribution < 1.29 is 9.21 Å². The standard InChI is InChI=1S/C11H13N3O2S/c1-13-10(15)4-5-17-11-14-8-6-7(12)2-3-9(8)16-11/h2-3,6H,4-5,12H2,1H3,(H,13,15). The van der Waals surface area contributed by atoms with Gasteiger partial charge in [-0.05, 0) is 18.2 Å². The van der Waals surface area contributed by atoms with Crippen LogP contribution in [-0.4, -0.2) is 23.7 Å². The molecule has 0 aliphatic rings. The first kappa shape index (κ1) is 11.8. The monoisotopic (exact) mass is 251 g/mol. The highest BCUT2D eigenvalue weighted by molar-refractivity contribution is 7.99. The number of nitrogens with zero attached hydrogens (tertiary/aromatic N) is 1. The minimum absolute atomic E-state index is 0.0119. The van der Waals surface area contributed by atoms with Gasteiger partial charge in [0.15, 0.2) is 5.58 Å². The summed E-state index contributed by atoms with van der Waals surface area (Å²) in [6.45, 7) is 0. The Kier molecular flexibility index (Phi) is 3.53.